The molecular weight excluding hydrogens is 325 g/mol. The van der Waals surface area contributed by atoms with Gasteiger partial charge in [0, 0.05) is 0 Å². The van der Waals surface area contributed by atoms with E-state index >= 15 is 0 Å². The maximum atomic E-state index is 8.63. The van der Waals surface area contributed by atoms with Gasteiger partial charge >= 0.3 is 29.6 Å². The third-order valence-corrected chi connectivity index (χ3v) is 3.94. The Labute approximate surface area is 166 Å². The van der Waals surface area contributed by atoms with Gasteiger partial charge in [0.1, 0.15) is 0 Å². The fourth-order valence-corrected chi connectivity index (χ4v) is 2.64. The van der Waals surface area contributed by atoms with Crippen LogP contribution in [0.1, 0.15) is 79.1 Å². The molecule has 23 heavy (non-hydrogen) atoms. The second kappa shape index (κ2) is 17.6. The van der Waals surface area contributed by atoms with Crippen LogP contribution in [0.15, 0.2) is 0 Å². The molecule has 0 unspecified atom stereocenters. The van der Waals surface area contributed by atoms with Crippen molar-refractivity contribution in [3.8, 4) is 0 Å². The molecule has 0 atom stereocenters. The van der Waals surface area contributed by atoms with Gasteiger partial charge in [0.15, 0.2) is 0 Å². The van der Waals surface area contributed by atoms with Crippen molar-refractivity contribution in [3.05, 3.63) is 0 Å². The molecule has 0 bridgehead atoms. The van der Waals surface area contributed by atoms with Crippen LogP contribution >= 0.6 is 0 Å². The van der Waals surface area contributed by atoms with E-state index in [0.717, 1.165) is 0 Å². The van der Waals surface area contributed by atoms with Crippen LogP contribution in [0, 0.1) is 0 Å². The molecule has 0 aromatic carbocycles. The summed E-state index contributed by atoms with van der Waals surface area (Å²) in [5.41, 5.74) is 0. The average molecular weight is 364 g/mol. The van der Waals surface area contributed by atoms with Crippen LogP contribution in [-0.4, -0.2) is 77.7 Å². The summed E-state index contributed by atoms with van der Waals surface area (Å²) in [4.78, 5) is 0. The zero-order chi connectivity index (χ0) is 17.5. The molecule has 7 heteroatoms. The zero-order valence-electron chi connectivity index (χ0n) is 15.0. The molecule has 0 aromatic rings. The van der Waals surface area contributed by atoms with Gasteiger partial charge in [0.05, 0.1) is 26.2 Å². The molecular formula is C16H38NNaO4S. The Kier molecular flexibility index (Phi) is 22.0. The van der Waals surface area contributed by atoms with Gasteiger partial charge in [-0.3, -0.25) is 4.55 Å². The van der Waals surface area contributed by atoms with Crippen LogP contribution in [0.4, 0.5) is 0 Å². The molecule has 0 heterocycles. The summed E-state index contributed by atoms with van der Waals surface area (Å²) < 4.78 is 34.3. The van der Waals surface area contributed by atoms with Gasteiger partial charge < -0.3 is 9.04 Å². The summed E-state index contributed by atoms with van der Waals surface area (Å²) >= 11 is 0. The second-order valence-electron chi connectivity index (χ2n) is 6.08. The second-order valence-corrected chi connectivity index (χ2v) is 6.93. The molecule has 0 aliphatic heterocycles. The molecule has 0 radical (unpaired) electrons. The summed E-state index contributed by atoms with van der Waals surface area (Å²) in [5.74, 6) is 0. The first kappa shape index (κ1) is 28.6. The van der Waals surface area contributed by atoms with E-state index in [2.05, 4.69) is 27.7 Å². The number of rotatable bonds is 12. The van der Waals surface area contributed by atoms with Crippen molar-refractivity contribution in [3.63, 3.8) is 0 Å². The summed E-state index contributed by atoms with van der Waals surface area (Å²) in [6.45, 7) is 15.0. The Balaban J connectivity index is -0.000000578. The van der Waals surface area contributed by atoms with E-state index < -0.39 is 10.4 Å². The van der Waals surface area contributed by atoms with Crippen LogP contribution < -0.4 is 0 Å². The van der Waals surface area contributed by atoms with Crippen molar-refractivity contribution in [2.45, 2.75) is 79.1 Å². The molecule has 5 nitrogen and oxygen atoms in total. The zero-order valence-corrected chi connectivity index (χ0v) is 15.8. The van der Waals surface area contributed by atoms with Crippen LogP contribution in [-0.2, 0) is 10.4 Å². The molecule has 0 spiro atoms. The topological polar surface area (TPSA) is 77.4 Å². The summed E-state index contributed by atoms with van der Waals surface area (Å²) in [5, 5.41) is 0. The van der Waals surface area contributed by atoms with E-state index in [-0.39, 0.29) is 29.6 Å². The maximum absolute atomic E-state index is 8.63. The van der Waals surface area contributed by atoms with Crippen molar-refractivity contribution in [2.24, 2.45) is 0 Å². The van der Waals surface area contributed by atoms with Crippen molar-refractivity contribution < 1.29 is 22.0 Å². The first-order chi connectivity index (χ1) is 10.2. The van der Waals surface area contributed by atoms with Gasteiger partial charge in [-0.25, -0.2) is 8.42 Å². The normalized spacial score (nSPS) is 11.4. The van der Waals surface area contributed by atoms with Crippen molar-refractivity contribution in [1.82, 2.24) is 0 Å². The van der Waals surface area contributed by atoms with Crippen LogP contribution in [0.3, 0.4) is 0 Å². The molecule has 0 aliphatic carbocycles. The van der Waals surface area contributed by atoms with Gasteiger partial charge in [-0.05, 0) is 25.7 Å². The van der Waals surface area contributed by atoms with Gasteiger partial charge in [-0.15, -0.1) is 0 Å². The van der Waals surface area contributed by atoms with E-state index in [1.54, 1.807) is 0 Å². The number of hydrogen-bond donors (Lipinski definition) is 1. The Morgan fingerprint density at radius 1 is 0.739 bits per heavy atom. The summed E-state index contributed by atoms with van der Waals surface area (Å²) in [7, 11) is -4.92. The third kappa shape index (κ3) is 22.8. The van der Waals surface area contributed by atoms with Gasteiger partial charge in [-0.1, -0.05) is 53.4 Å². The molecule has 0 fully saturated rings. The van der Waals surface area contributed by atoms with Crippen LogP contribution in [0.25, 0.3) is 0 Å². The Morgan fingerprint density at radius 3 is 1.04 bits per heavy atom. The number of hydrogen-bond acceptors (Lipinski definition) is 3. The fraction of sp³-hybridized carbons (Fsp3) is 1.00. The molecule has 0 aromatic heterocycles. The minimum absolute atomic E-state index is 0. The van der Waals surface area contributed by atoms with Gasteiger partial charge in [0.2, 0.25) is 10.4 Å². The standard InChI is InChI=1S/C16H36N.Na.H2O4S.H/c1-5-9-13-17(14-10-6-2,15-11-7-3)16-12-8-4;;1-5(2,3)4;/h5-16H2,1-4H3;;(H2,1,2,3,4);/q+1;;;/p-1. The first-order valence-corrected chi connectivity index (χ1v) is 10.1. The monoisotopic (exact) mass is 363 g/mol. The average Bonchev–Trinajstić information content (AvgIpc) is 2.44. The third-order valence-electron chi connectivity index (χ3n) is 3.94. The first-order valence-electron chi connectivity index (χ1n) is 8.78. The van der Waals surface area contributed by atoms with Crippen LogP contribution in [0.5, 0.6) is 0 Å². The molecule has 1 N–H and O–H groups in total. The van der Waals surface area contributed by atoms with E-state index in [9.17, 15) is 0 Å². The molecule has 0 amide bonds. The van der Waals surface area contributed by atoms with Crippen LogP contribution in [0.2, 0.25) is 0 Å². The van der Waals surface area contributed by atoms with E-state index in [0.29, 0.717) is 0 Å². The predicted molar refractivity (Wildman–Crippen MR) is 98.8 cm³/mol. The molecule has 0 aliphatic rings. The Bertz CT molecular complexity index is 291. The quantitative estimate of drug-likeness (QED) is 0.250. The Hall–Kier alpha value is 0.830. The number of unbranched alkanes of at least 4 members (excludes halogenated alkanes) is 4. The predicted octanol–water partition coefficient (Wildman–Crippen LogP) is 3.36. The van der Waals surface area contributed by atoms with Gasteiger partial charge in [-0.2, -0.15) is 0 Å². The van der Waals surface area contributed by atoms with E-state index in [1.807, 2.05) is 0 Å². The van der Waals surface area contributed by atoms with E-state index in [1.165, 1.54) is 82.0 Å². The number of nitrogens with zero attached hydrogens (tertiary/aromatic N) is 1. The van der Waals surface area contributed by atoms with Crippen molar-refractivity contribution in [2.75, 3.05) is 26.2 Å². The summed E-state index contributed by atoms with van der Waals surface area (Å²) in [6, 6.07) is 0. The van der Waals surface area contributed by atoms with Crippen molar-refractivity contribution in [1.29, 1.82) is 0 Å². The molecule has 0 saturated heterocycles. The molecule has 0 rings (SSSR count). The SMILES string of the molecule is CCCC[N+](CCCC)(CCCC)CCCC.O=S(=O)([O-])O.[NaH]. The minimum atomic E-state index is -4.92. The molecule has 138 valence electrons. The Morgan fingerprint density at radius 2 is 0.913 bits per heavy atom. The fourth-order valence-electron chi connectivity index (χ4n) is 2.64. The summed E-state index contributed by atoms with van der Waals surface area (Å²) in [6.07, 6.45) is 11.1. The van der Waals surface area contributed by atoms with Gasteiger partial charge in [0.25, 0.3) is 0 Å². The van der Waals surface area contributed by atoms with E-state index in [4.69, 9.17) is 17.5 Å². The number of quaternary nitrogens is 1. The van der Waals surface area contributed by atoms with Crippen molar-refractivity contribution >= 4 is 40.0 Å². The molecule has 0 saturated carbocycles.